The van der Waals surface area contributed by atoms with Crippen molar-refractivity contribution >= 4 is 71.1 Å². The number of benzene rings is 10. The van der Waals surface area contributed by atoms with E-state index < -0.39 is 71.1 Å². The minimum atomic E-state index is -0.777. The number of amides is 8. The van der Waals surface area contributed by atoms with Gasteiger partial charge >= 0.3 is 23.9 Å². The van der Waals surface area contributed by atoms with Gasteiger partial charge in [-0.3, -0.25) is 38.4 Å². The van der Waals surface area contributed by atoms with Crippen molar-refractivity contribution in [1.29, 1.82) is 0 Å². The first-order valence-corrected chi connectivity index (χ1v) is 42.4. The van der Waals surface area contributed by atoms with Crippen LogP contribution in [0.25, 0.3) is 44.5 Å². The molecular formula is C100H100N8O16. The average molecular weight is 1670 g/mol. The molecule has 0 aliphatic carbocycles. The zero-order valence-electron chi connectivity index (χ0n) is 70.0. The number of nitrogens with one attached hydrogen (secondary N) is 8. The second kappa shape index (κ2) is 41.9. The molecule has 6 aliphatic rings. The molecule has 24 nitrogen and oxygen atoms in total. The lowest BCUT2D eigenvalue weighted by Gasteiger charge is -2.21. The molecule has 10 aromatic carbocycles. The Morgan fingerprint density at radius 2 is 0.427 bits per heavy atom. The molecule has 16 rings (SSSR count). The third-order valence-corrected chi connectivity index (χ3v) is 21.8. The molecule has 6 aliphatic heterocycles. The first-order valence-electron chi connectivity index (χ1n) is 42.4. The summed E-state index contributed by atoms with van der Waals surface area (Å²) in [6, 6.07) is 52.7. The molecule has 8 N–H and O–H groups in total. The molecule has 0 radical (unpaired) electrons. The highest BCUT2D eigenvalue weighted by Crippen LogP contribution is 2.38. The van der Waals surface area contributed by atoms with Gasteiger partial charge in [0.25, 0.3) is 47.3 Å². The molecule has 0 saturated heterocycles. The summed E-state index contributed by atoms with van der Waals surface area (Å²) in [7, 11) is 0. The highest BCUT2D eigenvalue weighted by atomic mass is 16.5. The maximum atomic E-state index is 15.4. The average Bonchev–Trinajstić information content (AvgIpc) is 0.779. The summed E-state index contributed by atoms with van der Waals surface area (Å²) >= 11 is 0. The number of carbonyl (C=O) groups is 12. The third-order valence-electron chi connectivity index (χ3n) is 21.8. The highest BCUT2D eigenvalue weighted by Gasteiger charge is 2.28. The van der Waals surface area contributed by atoms with Gasteiger partial charge in [-0.15, -0.1) is 0 Å². The second-order valence-corrected chi connectivity index (χ2v) is 31.2. The van der Waals surface area contributed by atoms with Crippen molar-refractivity contribution in [1.82, 2.24) is 42.5 Å². The summed E-state index contributed by atoms with van der Waals surface area (Å²) in [5.74, 6) is -8.66. The Kier molecular flexibility index (Phi) is 29.6. The number of esters is 4. The van der Waals surface area contributed by atoms with Gasteiger partial charge in [-0.05, 0) is 236 Å². The van der Waals surface area contributed by atoms with Crippen molar-refractivity contribution in [3.63, 3.8) is 0 Å². The topological polar surface area (TPSA) is 338 Å². The van der Waals surface area contributed by atoms with Crippen molar-refractivity contribution in [2.24, 2.45) is 0 Å². The van der Waals surface area contributed by atoms with E-state index in [1.54, 1.807) is 36.4 Å². The Labute approximate surface area is 719 Å². The van der Waals surface area contributed by atoms with Gasteiger partial charge in [-0.25, -0.2) is 19.2 Å². The number of carbonyl (C=O) groups excluding carboxylic acids is 12. The van der Waals surface area contributed by atoms with E-state index in [0.717, 1.165) is 51.4 Å². The molecule has 24 heteroatoms. The molecule has 8 amide bonds. The summed E-state index contributed by atoms with van der Waals surface area (Å²) in [5, 5.41) is 24.4. The maximum absolute atomic E-state index is 15.4. The van der Waals surface area contributed by atoms with E-state index in [2.05, 4.69) is 42.5 Å². The van der Waals surface area contributed by atoms with Gasteiger partial charge in [-0.1, -0.05) is 152 Å². The van der Waals surface area contributed by atoms with Crippen LogP contribution in [0.5, 0.6) is 0 Å². The standard InChI is InChI=1S/C100H100N8O16/c1-5-9-19-27-121-97(117)79-45-71-41-72(46-79)90(110)102-54-62-32-64-36-68(34-62)70-38-84-58-106-94(114)76-43-75(49-81(50-76)99(119)123-29-21-11-7-3)93(113)105-57-83-37-69(67-33-61(53-101-89(71)109)31-63(35-67)55-103-91(111)73-42-74(92(112)104-56-64)48-80(47-73)98(118)122-28-20-10-6-2)39-85(87(83)65-23-15-13-16-24-65)59-107-95(115)77-44-78(52-82(51-77)100(120)124-30-22-12-8-4)96(116)108-60-86(40-70)88(84)66-25-17-14-18-26-66/h13-18,23-26,31-52H,5-12,19-22,27-30,53-60H2,1-4H3,(H,101,109)(H,102,110)(H,103,111)(H,104,112)(H,105,113)(H,106,114)(H,107,115)(H,108,116). The third kappa shape index (κ3) is 22.5. The van der Waals surface area contributed by atoms with Gasteiger partial charge in [-0.2, -0.15) is 0 Å². The molecule has 0 spiro atoms. The minimum Gasteiger partial charge on any atom is -0.462 e. The van der Waals surface area contributed by atoms with Crippen molar-refractivity contribution in [2.75, 3.05) is 26.4 Å². The molecule has 6 heterocycles. The normalized spacial score (nSPS) is 13.7. The molecule has 0 saturated carbocycles. The van der Waals surface area contributed by atoms with Gasteiger partial charge in [0, 0.05) is 96.9 Å². The largest absolute Gasteiger partial charge is 0.462 e. The smallest absolute Gasteiger partial charge is 0.338 e. The molecule has 0 atom stereocenters. The van der Waals surface area contributed by atoms with Gasteiger partial charge in [0.05, 0.1) is 48.7 Å². The first-order chi connectivity index (χ1) is 60.2. The molecule has 636 valence electrons. The Balaban J connectivity index is 1.09. The van der Waals surface area contributed by atoms with Gasteiger partial charge in [0.1, 0.15) is 0 Å². The van der Waals surface area contributed by atoms with Crippen molar-refractivity contribution in [3.05, 3.63) is 305 Å². The number of hydrogen-bond acceptors (Lipinski definition) is 16. The van der Waals surface area contributed by atoms with Gasteiger partial charge in [0.2, 0.25) is 0 Å². The van der Waals surface area contributed by atoms with Crippen molar-refractivity contribution in [3.8, 4) is 44.5 Å². The van der Waals surface area contributed by atoms with E-state index in [0.29, 0.717) is 115 Å². The summed E-state index contributed by atoms with van der Waals surface area (Å²) in [6.45, 7) is 6.43. The molecule has 0 aromatic heterocycles. The van der Waals surface area contributed by atoms with Crippen LogP contribution in [0.2, 0.25) is 0 Å². The molecule has 0 fully saturated rings. The monoisotopic (exact) mass is 1670 g/mol. The molecule has 10 aromatic rings. The minimum absolute atomic E-state index is 0.0662. The van der Waals surface area contributed by atoms with E-state index in [9.17, 15) is 19.2 Å². The van der Waals surface area contributed by atoms with Crippen molar-refractivity contribution < 1.29 is 76.5 Å². The fourth-order valence-corrected chi connectivity index (χ4v) is 15.3. The van der Waals surface area contributed by atoms with E-state index in [1.165, 1.54) is 72.8 Å². The van der Waals surface area contributed by atoms with Crippen molar-refractivity contribution in [2.45, 2.75) is 157 Å². The predicted octanol–water partition coefficient (Wildman–Crippen LogP) is 16.1. The van der Waals surface area contributed by atoms with Crippen LogP contribution in [0.1, 0.15) is 274 Å². The fraction of sp³-hybridized carbons (Fsp3) is 0.280. The number of unbranched alkanes of at least 4 members (excludes halogenated alkanes) is 8. The molecule has 0 unspecified atom stereocenters. The van der Waals surface area contributed by atoms with Crippen LogP contribution in [-0.2, 0) is 71.3 Å². The number of rotatable bonds is 22. The Morgan fingerprint density at radius 3 is 0.637 bits per heavy atom. The van der Waals surface area contributed by atoms with E-state index in [-0.39, 0.29) is 146 Å². The van der Waals surface area contributed by atoms with E-state index >= 15 is 38.4 Å². The Morgan fingerprint density at radius 1 is 0.226 bits per heavy atom. The lowest BCUT2D eigenvalue weighted by atomic mass is 9.88. The zero-order chi connectivity index (χ0) is 87.2. The van der Waals surface area contributed by atoms with Crippen LogP contribution < -0.4 is 42.5 Å². The number of hydrogen-bond donors (Lipinski definition) is 8. The van der Waals surface area contributed by atoms with E-state index in [1.807, 2.05) is 113 Å². The fourth-order valence-electron chi connectivity index (χ4n) is 15.3. The van der Waals surface area contributed by atoms with Crippen LogP contribution in [0, 0.1) is 0 Å². The zero-order valence-corrected chi connectivity index (χ0v) is 70.0. The Hall–Kier alpha value is -14.2. The second-order valence-electron chi connectivity index (χ2n) is 31.2. The summed E-state index contributed by atoms with van der Waals surface area (Å²) < 4.78 is 23.1. The van der Waals surface area contributed by atoms with E-state index in [4.69, 9.17) is 18.9 Å². The lowest BCUT2D eigenvalue weighted by Crippen LogP contribution is -2.28. The van der Waals surface area contributed by atoms with Crippen LogP contribution >= 0.6 is 0 Å². The van der Waals surface area contributed by atoms with Crippen LogP contribution in [0.3, 0.4) is 0 Å². The van der Waals surface area contributed by atoms with Gasteiger partial charge < -0.3 is 61.5 Å². The first kappa shape index (κ1) is 87.7. The lowest BCUT2D eigenvalue weighted by molar-refractivity contribution is 0.0488. The highest BCUT2D eigenvalue weighted by molar-refractivity contribution is 6.08. The van der Waals surface area contributed by atoms with Crippen LogP contribution in [0.4, 0.5) is 0 Å². The summed E-state index contributed by atoms with van der Waals surface area (Å²) in [5.41, 5.74) is 6.91. The predicted molar refractivity (Wildman–Crippen MR) is 469 cm³/mol. The maximum Gasteiger partial charge on any atom is 0.338 e. The SMILES string of the molecule is CCCCCOC(=O)c1cc2cc(c1)C(=O)NCc1cc3cc(c1)-c1cc4c(-c5ccccc5)c(c1)CNC(=O)c1cc(cc(C(=O)OCCCCC)c1)C(=O)NCc1cc(cc(c1-c1ccccc1)CNC(=O)c1cc(cc(C(=O)OCCCCC)c1)C(=O)NC4)-c1cc(cc(c1)CNC(=O)c1cc(cc(C(=O)OCCCCC)c1)C(=O)NC3)CNC2=O. The number of ether oxygens (including phenoxy) is 4. The van der Waals surface area contributed by atoms with Gasteiger partial charge in [0.15, 0.2) is 0 Å². The van der Waals surface area contributed by atoms with Crippen LogP contribution in [0.15, 0.2) is 194 Å². The molecular weight excluding hydrogens is 1570 g/mol. The summed E-state index contributed by atoms with van der Waals surface area (Å²) in [4.78, 5) is 179. The van der Waals surface area contributed by atoms with Crippen LogP contribution in [-0.4, -0.2) is 97.6 Å². The molecule has 20 bridgehead atoms. The quantitative estimate of drug-likeness (QED) is 0.0178. The molecule has 124 heavy (non-hydrogen) atoms. The summed E-state index contributed by atoms with van der Waals surface area (Å²) in [6.07, 6.45) is 8.75. The Bertz CT molecular complexity index is 5180.